The van der Waals surface area contributed by atoms with Crippen LogP contribution in [0.25, 0.3) is 21.8 Å². The molecule has 0 saturated carbocycles. The maximum absolute atomic E-state index is 12.0. The van der Waals surface area contributed by atoms with Gasteiger partial charge in [-0.1, -0.05) is 37.3 Å². The van der Waals surface area contributed by atoms with Crippen molar-refractivity contribution in [2.24, 2.45) is 5.73 Å². The molecule has 0 saturated heterocycles. The Morgan fingerprint density at radius 1 is 1.00 bits per heavy atom. The topological polar surface area (TPSA) is 57.2 Å². The van der Waals surface area contributed by atoms with E-state index in [9.17, 15) is 4.79 Å². The second-order valence-electron chi connectivity index (χ2n) is 6.70. The van der Waals surface area contributed by atoms with Crippen molar-refractivity contribution in [1.29, 1.82) is 0 Å². The molecule has 0 bridgehead atoms. The molecule has 136 valence electrons. The van der Waals surface area contributed by atoms with E-state index < -0.39 is 5.91 Å². The Balaban J connectivity index is 1.98. The highest BCUT2D eigenvalue weighted by Crippen LogP contribution is 2.33. The lowest BCUT2D eigenvalue weighted by Crippen LogP contribution is -2.11. The van der Waals surface area contributed by atoms with Crippen LogP contribution in [0.1, 0.15) is 28.4 Å². The molecule has 27 heavy (non-hydrogen) atoms. The van der Waals surface area contributed by atoms with Crippen molar-refractivity contribution in [3.8, 4) is 5.75 Å². The molecule has 1 heterocycles. The van der Waals surface area contributed by atoms with Gasteiger partial charge in [0.05, 0.1) is 12.6 Å². The summed E-state index contributed by atoms with van der Waals surface area (Å²) in [4.78, 5) is 12.0. The number of aromatic nitrogens is 1. The number of primary amides is 1. The van der Waals surface area contributed by atoms with Crippen LogP contribution < -0.4 is 10.5 Å². The quantitative estimate of drug-likeness (QED) is 0.570. The molecular formula is C23H22N2O2. The van der Waals surface area contributed by atoms with Crippen molar-refractivity contribution < 1.29 is 9.53 Å². The second-order valence-corrected chi connectivity index (χ2v) is 6.70. The van der Waals surface area contributed by atoms with Crippen LogP contribution in [0.5, 0.6) is 5.75 Å². The van der Waals surface area contributed by atoms with Gasteiger partial charge in [-0.3, -0.25) is 4.79 Å². The SMILES string of the molecule is CCc1ccc2c3c(C(N)=O)cccc3n(Cc3ccc(OC)cc3)c2c1. The summed E-state index contributed by atoms with van der Waals surface area (Å²) in [5.41, 5.74) is 10.8. The Morgan fingerprint density at radius 3 is 2.41 bits per heavy atom. The van der Waals surface area contributed by atoms with Gasteiger partial charge in [-0.2, -0.15) is 0 Å². The Kier molecular flexibility index (Phi) is 4.32. The van der Waals surface area contributed by atoms with Crippen LogP contribution in [-0.4, -0.2) is 17.6 Å². The largest absolute Gasteiger partial charge is 0.497 e. The lowest BCUT2D eigenvalue weighted by Gasteiger charge is -2.09. The first-order valence-electron chi connectivity index (χ1n) is 9.09. The minimum atomic E-state index is -0.399. The van der Waals surface area contributed by atoms with Gasteiger partial charge in [-0.15, -0.1) is 0 Å². The van der Waals surface area contributed by atoms with Crippen LogP contribution in [0.4, 0.5) is 0 Å². The third kappa shape index (κ3) is 2.93. The molecule has 0 radical (unpaired) electrons. The molecule has 0 aliphatic heterocycles. The van der Waals surface area contributed by atoms with Crippen molar-refractivity contribution in [2.75, 3.05) is 7.11 Å². The van der Waals surface area contributed by atoms with E-state index in [-0.39, 0.29) is 0 Å². The van der Waals surface area contributed by atoms with Crippen LogP contribution in [-0.2, 0) is 13.0 Å². The van der Waals surface area contributed by atoms with Crippen molar-refractivity contribution >= 4 is 27.7 Å². The molecule has 0 spiro atoms. The van der Waals surface area contributed by atoms with E-state index in [2.05, 4.69) is 47.9 Å². The lowest BCUT2D eigenvalue weighted by molar-refractivity contribution is 0.100. The van der Waals surface area contributed by atoms with E-state index in [1.54, 1.807) is 13.2 Å². The molecule has 4 heteroatoms. The zero-order valence-electron chi connectivity index (χ0n) is 15.5. The molecule has 0 atom stereocenters. The molecule has 4 rings (SSSR count). The summed E-state index contributed by atoms with van der Waals surface area (Å²) in [5, 5.41) is 1.99. The molecule has 4 aromatic rings. The Labute approximate surface area is 158 Å². The fourth-order valence-electron chi connectivity index (χ4n) is 3.70. The number of carbonyl (C=O) groups excluding carboxylic acids is 1. The fourth-order valence-corrected chi connectivity index (χ4v) is 3.70. The molecule has 0 aliphatic carbocycles. The highest BCUT2D eigenvalue weighted by molar-refractivity contribution is 6.17. The number of carbonyl (C=O) groups is 1. The van der Waals surface area contributed by atoms with E-state index in [1.165, 1.54) is 11.1 Å². The summed E-state index contributed by atoms with van der Waals surface area (Å²) in [6.45, 7) is 2.85. The number of nitrogens with two attached hydrogens (primary N) is 1. The van der Waals surface area contributed by atoms with Crippen LogP contribution in [0.3, 0.4) is 0 Å². The van der Waals surface area contributed by atoms with Crippen molar-refractivity contribution in [2.45, 2.75) is 19.9 Å². The van der Waals surface area contributed by atoms with Gasteiger partial charge >= 0.3 is 0 Å². The van der Waals surface area contributed by atoms with Crippen LogP contribution in [0, 0.1) is 0 Å². The minimum Gasteiger partial charge on any atom is -0.497 e. The van der Waals surface area contributed by atoms with Gasteiger partial charge in [0.2, 0.25) is 5.91 Å². The molecule has 3 aromatic carbocycles. The highest BCUT2D eigenvalue weighted by atomic mass is 16.5. The molecule has 0 unspecified atom stereocenters. The van der Waals surface area contributed by atoms with Crippen molar-refractivity contribution in [1.82, 2.24) is 4.57 Å². The first kappa shape index (κ1) is 17.2. The second kappa shape index (κ2) is 6.80. The molecule has 1 amide bonds. The summed E-state index contributed by atoms with van der Waals surface area (Å²) in [6, 6.07) is 20.3. The van der Waals surface area contributed by atoms with E-state index in [0.29, 0.717) is 12.1 Å². The van der Waals surface area contributed by atoms with Crippen LogP contribution >= 0.6 is 0 Å². The van der Waals surface area contributed by atoms with E-state index >= 15 is 0 Å². The third-order valence-corrected chi connectivity index (χ3v) is 5.13. The molecule has 1 aromatic heterocycles. The van der Waals surface area contributed by atoms with Crippen LogP contribution in [0.2, 0.25) is 0 Å². The van der Waals surface area contributed by atoms with E-state index in [4.69, 9.17) is 10.5 Å². The zero-order valence-corrected chi connectivity index (χ0v) is 15.5. The van der Waals surface area contributed by atoms with Gasteiger partial charge in [0.25, 0.3) is 0 Å². The number of nitrogens with zero attached hydrogens (tertiary/aromatic N) is 1. The standard InChI is InChI=1S/C23H22N2O2/c1-3-15-9-12-18-21(13-15)25(14-16-7-10-17(27-2)11-8-16)20-6-4-5-19(22(18)20)23(24)26/h4-13H,3,14H2,1-2H3,(H2,24,26). The summed E-state index contributed by atoms with van der Waals surface area (Å²) >= 11 is 0. The minimum absolute atomic E-state index is 0.399. The monoisotopic (exact) mass is 358 g/mol. The number of amides is 1. The lowest BCUT2D eigenvalue weighted by atomic mass is 10.0. The fraction of sp³-hybridized carbons (Fsp3) is 0.174. The summed E-state index contributed by atoms with van der Waals surface area (Å²) in [6.07, 6.45) is 0.961. The smallest absolute Gasteiger partial charge is 0.249 e. The van der Waals surface area contributed by atoms with Crippen molar-refractivity contribution in [3.63, 3.8) is 0 Å². The average molecular weight is 358 g/mol. The number of hydrogen-bond donors (Lipinski definition) is 1. The Morgan fingerprint density at radius 2 is 1.74 bits per heavy atom. The number of methoxy groups -OCH3 is 1. The Hall–Kier alpha value is -3.27. The number of benzene rings is 3. The van der Waals surface area contributed by atoms with E-state index in [0.717, 1.165) is 34.0 Å². The normalized spacial score (nSPS) is 11.2. The van der Waals surface area contributed by atoms with Gasteiger partial charge < -0.3 is 15.0 Å². The number of ether oxygens (including phenoxy) is 1. The molecule has 0 aliphatic rings. The number of fused-ring (bicyclic) bond motifs is 3. The van der Waals surface area contributed by atoms with Gasteiger partial charge in [-0.25, -0.2) is 0 Å². The van der Waals surface area contributed by atoms with Crippen molar-refractivity contribution in [3.05, 3.63) is 77.4 Å². The van der Waals surface area contributed by atoms with Gasteiger partial charge in [0.1, 0.15) is 5.75 Å². The van der Waals surface area contributed by atoms with Crippen LogP contribution in [0.15, 0.2) is 60.7 Å². The number of rotatable bonds is 5. The average Bonchev–Trinajstić information content (AvgIpc) is 3.01. The highest BCUT2D eigenvalue weighted by Gasteiger charge is 2.16. The molecule has 0 fully saturated rings. The predicted molar refractivity (Wildman–Crippen MR) is 109 cm³/mol. The first-order valence-corrected chi connectivity index (χ1v) is 9.09. The maximum atomic E-state index is 12.0. The third-order valence-electron chi connectivity index (χ3n) is 5.13. The van der Waals surface area contributed by atoms with Gasteiger partial charge in [-0.05, 0) is 47.9 Å². The predicted octanol–water partition coefficient (Wildman–Crippen LogP) is 4.51. The first-order chi connectivity index (χ1) is 13.1. The maximum Gasteiger partial charge on any atom is 0.249 e. The zero-order chi connectivity index (χ0) is 19.0. The number of hydrogen-bond acceptors (Lipinski definition) is 2. The Bertz CT molecular complexity index is 1140. The van der Waals surface area contributed by atoms with E-state index in [1.807, 2.05) is 18.2 Å². The van der Waals surface area contributed by atoms with Gasteiger partial charge in [0, 0.05) is 28.4 Å². The summed E-state index contributed by atoms with van der Waals surface area (Å²) in [7, 11) is 1.67. The molecular weight excluding hydrogens is 336 g/mol. The summed E-state index contributed by atoms with van der Waals surface area (Å²) < 4.78 is 7.52. The molecule has 4 nitrogen and oxygen atoms in total. The summed E-state index contributed by atoms with van der Waals surface area (Å²) in [5.74, 6) is 0.439. The van der Waals surface area contributed by atoms with Gasteiger partial charge in [0.15, 0.2) is 0 Å². The molecule has 2 N–H and O–H groups in total. The number of aryl methyl sites for hydroxylation is 1.